The molecule has 1 aromatic rings. The maximum absolute atomic E-state index is 10.4. The number of aryl methyl sites for hydroxylation is 1. The Morgan fingerprint density at radius 1 is 1.38 bits per heavy atom. The van der Waals surface area contributed by atoms with Crippen LogP contribution in [0, 0.1) is 0 Å². The average molecular weight is 222 g/mol. The molecule has 3 heteroatoms. The van der Waals surface area contributed by atoms with E-state index in [1.54, 1.807) is 0 Å². The highest BCUT2D eigenvalue weighted by molar-refractivity contribution is 5.67. The Morgan fingerprint density at radius 2 is 2.00 bits per heavy atom. The van der Waals surface area contributed by atoms with Crippen LogP contribution in [-0.2, 0) is 11.2 Å². The lowest BCUT2D eigenvalue weighted by Gasteiger charge is -2.12. The standard InChI is InChI=1S/C13H18O3/c1-3-10(2)16-12-7-4-11(5-8-12)6-9-13(14)15/h4-5,7-8,10H,3,6,9H2,1-2H3,(H,14,15)/t10-/m1/s1. The number of hydrogen-bond donors (Lipinski definition) is 1. The molecule has 0 saturated carbocycles. The maximum Gasteiger partial charge on any atom is 0.303 e. The van der Waals surface area contributed by atoms with Crippen LogP contribution in [-0.4, -0.2) is 17.2 Å². The van der Waals surface area contributed by atoms with Gasteiger partial charge in [0.05, 0.1) is 6.10 Å². The number of rotatable bonds is 6. The molecule has 0 aromatic heterocycles. The second-order valence-corrected chi connectivity index (χ2v) is 3.87. The Labute approximate surface area is 96.1 Å². The Kier molecular flexibility index (Phi) is 4.83. The molecule has 88 valence electrons. The molecular weight excluding hydrogens is 204 g/mol. The lowest BCUT2D eigenvalue weighted by molar-refractivity contribution is -0.136. The predicted molar refractivity (Wildman–Crippen MR) is 62.8 cm³/mol. The molecule has 0 radical (unpaired) electrons. The van der Waals surface area contributed by atoms with Crippen molar-refractivity contribution in [2.75, 3.05) is 0 Å². The summed E-state index contributed by atoms with van der Waals surface area (Å²) in [7, 11) is 0. The summed E-state index contributed by atoms with van der Waals surface area (Å²) in [5, 5.41) is 8.56. The SMILES string of the molecule is CC[C@@H](C)Oc1ccc(CCC(=O)O)cc1. The summed E-state index contributed by atoms with van der Waals surface area (Å²) in [6.45, 7) is 4.10. The number of hydrogen-bond acceptors (Lipinski definition) is 2. The minimum absolute atomic E-state index is 0.172. The van der Waals surface area contributed by atoms with Crippen LogP contribution in [0.4, 0.5) is 0 Å². The number of ether oxygens (including phenoxy) is 1. The third kappa shape index (κ3) is 4.34. The van der Waals surface area contributed by atoms with Gasteiger partial charge in [-0.15, -0.1) is 0 Å². The van der Waals surface area contributed by atoms with Gasteiger partial charge in [0, 0.05) is 6.42 Å². The molecule has 0 heterocycles. The van der Waals surface area contributed by atoms with Gasteiger partial charge in [-0.1, -0.05) is 19.1 Å². The van der Waals surface area contributed by atoms with Crippen LogP contribution in [0.2, 0.25) is 0 Å². The van der Waals surface area contributed by atoms with Crippen LogP contribution in [0.3, 0.4) is 0 Å². The fourth-order valence-corrected chi connectivity index (χ4v) is 1.30. The average Bonchev–Trinajstić information content (AvgIpc) is 2.28. The Morgan fingerprint density at radius 3 is 2.50 bits per heavy atom. The van der Waals surface area contributed by atoms with Crippen LogP contribution in [0.15, 0.2) is 24.3 Å². The summed E-state index contributed by atoms with van der Waals surface area (Å²) in [6, 6.07) is 7.62. The fraction of sp³-hybridized carbons (Fsp3) is 0.462. The number of carboxylic acids is 1. The molecule has 0 fully saturated rings. The van der Waals surface area contributed by atoms with Crippen LogP contribution in [0.25, 0.3) is 0 Å². The monoisotopic (exact) mass is 222 g/mol. The zero-order valence-corrected chi connectivity index (χ0v) is 9.77. The topological polar surface area (TPSA) is 46.5 Å². The van der Waals surface area contributed by atoms with Crippen LogP contribution in [0.1, 0.15) is 32.3 Å². The van der Waals surface area contributed by atoms with Gasteiger partial charge in [-0.25, -0.2) is 0 Å². The molecule has 1 N–H and O–H groups in total. The molecule has 0 amide bonds. The molecule has 0 spiro atoms. The van der Waals surface area contributed by atoms with Crippen LogP contribution in [0.5, 0.6) is 5.75 Å². The van der Waals surface area contributed by atoms with Crippen molar-refractivity contribution in [3.8, 4) is 5.75 Å². The highest BCUT2D eigenvalue weighted by Crippen LogP contribution is 2.15. The molecule has 16 heavy (non-hydrogen) atoms. The highest BCUT2D eigenvalue weighted by atomic mass is 16.5. The molecule has 0 aliphatic heterocycles. The lowest BCUT2D eigenvalue weighted by atomic mass is 10.1. The zero-order chi connectivity index (χ0) is 12.0. The van der Waals surface area contributed by atoms with Crippen molar-refractivity contribution in [1.82, 2.24) is 0 Å². The first-order valence-electron chi connectivity index (χ1n) is 5.59. The van der Waals surface area contributed by atoms with Gasteiger partial charge in [0.1, 0.15) is 5.75 Å². The van der Waals surface area contributed by atoms with Crippen molar-refractivity contribution < 1.29 is 14.6 Å². The number of aliphatic carboxylic acids is 1. The maximum atomic E-state index is 10.4. The van der Waals surface area contributed by atoms with Gasteiger partial charge in [-0.3, -0.25) is 4.79 Å². The zero-order valence-electron chi connectivity index (χ0n) is 9.77. The van der Waals surface area contributed by atoms with E-state index in [2.05, 4.69) is 6.92 Å². The first-order chi connectivity index (χ1) is 7.61. The summed E-state index contributed by atoms with van der Waals surface area (Å²) in [5.41, 5.74) is 1.03. The van der Waals surface area contributed by atoms with E-state index in [0.29, 0.717) is 6.42 Å². The van der Waals surface area contributed by atoms with Crippen molar-refractivity contribution >= 4 is 5.97 Å². The van der Waals surface area contributed by atoms with E-state index in [1.807, 2.05) is 31.2 Å². The molecule has 0 unspecified atom stereocenters. The summed E-state index contributed by atoms with van der Waals surface area (Å²) < 4.78 is 5.63. The fourth-order valence-electron chi connectivity index (χ4n) is 1.30. The van der Waals surface area contributed by atoms with E-state index in [0.717, 1.165) is 17.7 Å². The minimum Gasteiger partial charge on any atom is -0.491 e. The third-order valence-electron chi connectivity index (χ3n) is 2.46. The largest absolute Gasteiger partial charge is 0.491 e. The number of carbonyl (C=O) groups is 1. The first kappa shape index (κ1) is 12.6. The summed E-state index contributed by atoms with van der Waals surface area (Å²) >= 11 is 0. The van der Waals surface area contributed by atoms with E-state index in [1.165, 1.54) is 0 Å². The highest BCUT2D eigenvalue weighted by Gasteiger charge is 2.02. The molecule has 0 saturated heterocycles. The van der Waals surface area contributed by atoms with E-state index in [-0.39, 0.29) is 12.5 Å². The quantitative estimate of drug-likeness (QED) is 0.805. The van der Waals surface area contributed by atoms with E-state index >= 15 is 0 Å². The first-order valence-corrected chi connectivity index (χ1v) is 5.59. The van der Waals surface area contributed by atoms with Gasteiger partial charge in [-0.05, 0) is 37.5 Å². The summed E-state index contributed by atoms with van der Waals surface area (Å²) in [4.78, 5) is 10.4. The van der Waals surface area contributed by atoms with Gasteiger partial charge in [0.25, 0.3) is 0 Å². The van der Waals surface area contributed by atoms with Crippen molar-refractivity contribution in [3.63, 3.8) is 0 Å². The van der Waals surface area contributed by atoms with E-state index < -0.39 is 5.97 Å². The molecular formula is C13H18O3. The Hall–Kier alpha value is -1.51. The van der Waals surface area contributed by atoms with Gasteiger partial charge in [0.2, 0.25) is 0 Å². The minimum atomic E-state index is -0.764. The van der Waals surface area contributed by atoms with Crippen molar-refractivity contribution in [1.29, 1.82) is 0 Å². The molecule has 0 aliphatic carbocycles. The van der Waals surface area contributed by atoms with Crippen molar-refractivity contribution in [2.45, 2.75) is 39.2 Å². The van der Waals surface area contributed by atoms with Gasteiger partial charge in [0.15, 0.2) is 0 Å². The normalized spacial score (nSPS) is 12.1. The number of benzene rings is 1. The van der Waals surface area contributed by atoms with Crippen LogP contribution >= 0.6 is 0 Å². The number of carboxylic acid groups (broad SMARTS) is 1. The third-order valence-corrected chi connectivity index (χ3v) is 2.46. The smallest absolute Gasteiger partial charge is 0.303 e. The molecule has 0 bridgehead atoms. The van der Waals surface area contributed by atoms with E-state index in [4.69, 9.17) is 9.84 Å². The second-order valence-electron chi connectivity index (χ2n) is 3.87. The van der Waals surface area contributed by atoms with Gasteiger partial charge in [-0.2, -0.15) is 0 Å². The Balaban J connectivity index is 2.50. The van der Waals surface area contributed by atoms with Gasteiger partial charge < -0.3 is 9.84 Å². The van der Waals surface area contributed by atoms with Crippen molar-refractivity contribution in [2.24, 2.45) is 0 Å². The summed E-state index contributed by atoms with van der Waals surface area (Å²) in [5.74, 6) is 0.0772. The molecule has 3 nitrogen and oxygen atoms in total. The molecule has 1 rings (SSSR count). The molecule has 0 aliphatic rings. The molecule has 1 aromatic carbocycles. The lowest BCUT2D eigenvalue weighted by Crippen LogP contribution is -2.09. The van der Waals surface area contributed by atoms with Gasteiger partial charge >= 0.3 is 5.97 Å². The Bertz CT molecular complexity index is 330. The van der Waals surface area contributed by atoms with Crippen molar-refractivity contribution in [3.05, 3.63) is 29.8 Å². The van der Waals surface area contributed by atoms with E-state index in [9.17, 15) is 4.79 Å². The van der Waals surface area contributed by atoms with Crippen LogP contribution < -0.4 is 4.74 Å². The second kappa shape index (κ2) is 6.16. The summed E-state index contributed by atoms with van der Waals surface area (Å²) in [6.07, 6.45) is 1.93. The molecule has 1 atom stereocenters. The predicted octanol–water partition coefficient (Wildman–Crippen LogP) is 2.88.